The van der Waals surface area contributed by atoms with E-state index >= 15 is 0 Å². The molecule has 3 rings (SSSR count). The number of aryl methyl sites for hydroxylation is 3. The normalized spacial score (nSPS) is 15.6. The standard InChI is InChI=1S/C29H41N3/c1-5-22(3)21-30-23(4)16-17-25-18-19-28-29(20-25)31-26(6-2)27(32-28)15-9-7-8-12-24-13-10-11-14-24/h5,18-21,24H,1,6-17H2,2-4H3/b22-21-,30-23?. The summed E-state index contributed by atoms with van der Waals surface area (Å²) in [4.78, 5) is 14.5. The summed E-state index contributed by atoms with van der Waals surface area (Å²) in [5, 5.41) is 0. The van der Waals surface area contributed by atoms with Crippen LogP contribution in [0.2, 0.25) is 0 Å². The zero-order valence-corrected chi connectivity index (χ0v) is 20.5. The van der Waals surface area contributed by atoms with E-state index in [1.807, 2.05) is 19.2 Å². The molecule has 1 aromatic carbocycles. The van der Waals surface area contributed by atoms with Crippen molar-refractivity contribution in [1.29, 1.82) is 0 Å². The highest BCUT2D eigenvalue weighted by Gasteiger charge is 2.14. The van der Waals surface area contributed by atoms with Gasteiger partial charge >= 0.3 is 0 Å². The Labute approximate surface area is 195 Å². The van der Waals surface area contributed by atoms with Gasteiger partial charge in [0.05, 0.1) is 22.4 Å². The molecule has 1 heterocycles. The summed E-state index contributed by atoms with van der Waals surface area (Å²) in [5.41, 5.74) is 7.96. The van der Waals surface area contributed by atoms with Gasteiger partial charge in [-0.3, -0.25) is 4.99 Å². The molecule has 1 aromatic heterocycles. The molecule has 0 spiro atoms. The fourth-order valence-electron chi connectivity index (χ4n) is 4.67. The number of hydrogen-bond donors (Lipinski definition) is 0. The van der Waals surface area contributed by atoms with Crippen LogP contribution in [0.5, 0.6) is 0 Å². The van der Waals surface area contributed by atoms with Gasteiger partial charge in [0.2, 0.25) is 0 Å². The van der Waals surface area contributed by atoms with Crippen molar-refractivity contribution in [1.82, 2.24) is 9.97 Å². The maximum atomic E-state index is 5.01. The minimum atomic E-state index is 0.944. The number of allylic oxidation sites excluding steroid dienone is 2. The van der Waals surface area contributed by atoms with Gasteiger partial charge in [0.25, 0.3) is 0 Å². The van der Waals surface area contributed by atoms with Crippen molar-refractivity contribution in [2.75, 3.05) is 0 Å². The van der Waals surface area contributed by atoms with Gasteiger partial charge in [-0.25, -0.2) is 9.97 Å². The lowest BCUT2D eigenvalue weighted by Gasteiger charge is -2.11. The predicted octanol–water partition coefficient (Wildman–Crippen LogP) is 7.97. The summed E-state index contributed by atoms with van der Waals surface area (Å²) in [7, 11) is 0. The first-order valence-corrected chi connectivity index (χ1v) is 12.7. The average molecular weight is 432 g/mol. The van der Waals surface area contributed by atoms with Crippen LogP contribution in [0.1, 0.15) is 95.5 Å². The van der Waals surface area contributed by atoms with E-state index in [-0.39, 0.29) is 0 Å². The largest absolute Gasteiger partial charge is 0.266 e. The Morgan fingerprint density at radius 1 is 1.03 bits per heavy atom. The Hall–Kier alpha value is -2.29. The molecule has 1 fully saturated rings. The molecule has 0 bridgehead atoms. The number of nitrogens with zero attached hydrogens (tertiary/aromatic N) is 3. The van der Waals surface area contributed by atoms with E-state index in [4.69, 9.17) is 9.97 Å². The molecule has 2 aromatic rings. The van der Waals surface area contributed by atoms with Crippen molar-refractivity contribution in [3.63, 3.8) is 0 Å². The Balaban J connectivity index is 1.57. The first kappa shape index (κ1) is 24.4. The van der Waals surface area contributed by atoms with Crippen LogP contribution in [0.3, 0.4) is 0 Å². The van der Waals surface area contributed by atoms with Gasteiger partial charge < -0.3 is 0 Å². The highest BCUT2D eigenvalue weighted by molar-refractivity contribution is 5.83. The molecule has 0 saturated heterocycles. The molecule has 172 valence electrons. The third-order valence-electron chi connectivity index (χ3n) is 6.81. The van der Waals surface area contributed by atoms with E-state index in [1.165, 1.54) is 68.3 Å². The van der Waals surface area contributed by atoms with E-state index < -0.39 is 0 Å². The van der Waals surface area contributed by atoms with Gasteiger partial charge in [0, 0.05) is 11.9 Å². The molecule has 0 amide bonds. The van der Waals surface area contributed by atoms with Crippen LogP contribution in [-0.2, 0) is 19.3 Å². The molecule has 0 atom stereocenters. The number of fused-ring (bicyclic) bond motifs is 1. The Morgan fingerprint density at radius 2 is 1.81 bits per heavy atom. The third-order valence-corrected chi connectivity index (χ3v) is 6.81. The van der Waals surface area contributed by atoms with Crippen LogP contribution in [0.4, 0.5) is 0 Å². The van der Waals surface area contributed by atoms with Crippen LogP contribution in [0.15, 0.2) is 47.6 Å². The number of hydrogen-bond acceptors (Lipinski definition) is 3. The molecule has 32 heavy (non-hydrogen) atoms. The Bertz CT molecular complexity index is 948. The lowest BCUT2D eigenvalue weighted by molar-refractivity contribution is 0.467. The number of aliphatic imine (C=N–C) groups is 1. The quantitative estimate of drug-likeness (QED) is 0.194. The summed E-state index contributed by atoms with van der Waals surface area (Å²) in [6, 6.07) is 6.56. The topological polar surface area (TPSA) is 38.1 Å². The number of unbranched alkanes of at least 4 members (excludes halogenated alkanes) is 2. The first-order valence-electron chi connectivity index (χ1n) is 12.7. The van der Waals surface area contributed by atoms with Gasteiger partial charge in [-0.15, -0.1) is 0 Å². The summed E-state index contributed by atoms with van der Waals surface area (Å²) in [6.45, 7) is 10.1. The van der Waals surface area contributed by atoms with Crippen molar-refractivity contribution in [3.8, 4) is 0 Å². The fraction of sp³-hybridized carbons (Fsp3) is 0.552. The molecule has 1 saturated carbocycles. The van der Waals surface area contributed by atoms with Crippen LogP contribution in [0, 0.1) is 5.92 Å². The minimum Gasteiger partial charge on any atom is -0.266 e. The maximum Gasteiger partial charge on any atom is 0.0893 e. The molecule has 0 radical (unpaired) electrons. The molecule has 0 unspecified atom stereocenters. The maximum absolute atomic E-state index is 5.01. The number of rotatable bonds is 12. The lowest BCUT2D eigenvalue weighted by Crippen LogP contribution is -2.03. The first-order chi connectivity index (χ1) is 15.6. The van der Waals surface area contributed by atoms with Crippen molar-refractivity contribution >= 4 is 16.7 Å². The molecule has 1 aliphatic carbocycles. The van der Waals surface area contributed by atoms with Crippen LogP contribution < -0.4 is 0 Å². The molecule has 3 nitrogen and oxygen atoms in total. The molecule has 0 N–H and O–H groups in total. The van der Waals surface area contributed by atoms with Crippen LogP contribution >= 0.6 is 0 Å². The average Bonchev–Trinajstić information content (AvgIpc) is 3.33. The van der Waals surface area contributed by atoms with Crippen LogP contribution in [0.25, 0.3) is 11.0 Å². The van der Waals surface area contributed by atoms with Crippen molar-refractivity contribution in [3.05, 3.63) is 59.6 Å². The Kier molecular flexibility index (Phi) is 9.64. The summed E-state index contributed by atoms with van der Waals surface area (Å²) < 4.78 is 0. The smallest absolute Gasteiger partial charge is 0.0893 e. The summed E-state index contributed by atoms with van der Waals surface area (Å²) >= 11 is 0. The molecular weight excluding hydrogens is 390 g/mol. The lowest BCUT2D eigenvalue weighted by atomic mass is 9.99. The molecular formula is C29H41N3. The van der Waals surface area contributed by atoms with E-state index in [1.54, 1.807) is 0 Å². The summed E-state index contributed by atoms with van der Waals surface area (Å²) in [6.07, 6.45) is 18.9. The van der Waals surface area contributed by atoms with Crippen molar-refractivity contribution in [2.45, 2.75) is 97.8 Å². The number of benzene rings is 1. The van der Waals surface area contributed by atoms with Gasteiger partial charge in [0.15, 0.2) is 0 Å². The summed E-state index contributed by atoms with van der Waals surface area (Å²) in [5.74, 6) is 1.01. The fourth-order valence-corrected chi connectivity index (χ4v) is 4.67. The second kappa shape index (κ2) is 12.7. The van der Waals surface area contributed by atoms with E-state index in [0.717, 1.165) is 53.9 Å². The van der Waals surface area contributed by atoms with Gasteiger partial charge in [-0.1, -0.05) is 70.6 Å². The van der Waals surface area contributed by atoms with E-state index in [9.17, 15) is 0 Å². The zero-order valence-electron chi connectivity index (χ0n) is 20.5. The Morgan fingerprint density at radius 3 is 2.56 bits per heavy atom. The third kappa shape index (κ3) is 7.39. The minimum absolute atomic E-state index is 0.944. The van der Waals surface area contributed by atoms with Crippen molar-refractivity contribution in [2.24, 2.45) is 10.9 Å². The second-order valence-electron chi connectivity index (χ2n) is 9.49. The molecule has 3 heteroatoms. The SMILES string of the molecule is C=C/C(C)=C\N=C(C)CCc1ccc2nc(CCCCCC3CCCC3)c(CC)nc2c1. The van der Waals surface area contributed by atoms with Gasteiger partial charge in [0.1, 0.15) is 0 Å². The van der Waals surface area contributed by atoms with Gasteiger partial charge in [-0.05, 0) is 75.1 Å². The highest BCUT2D eigenvalue weighted by Crippen LogP contribution is 2.29. The highest BCUT2D eigenvalue weighted by atomic mass is 14.8. The van der Waals surface area contributed by atoms with E-state index in [2.05, 4.69) is 43.6 Å². The second-order valence-corrected chi connectivity index (χ2v) is 9.49. The molecule has 1 aliphatic rings. The van der Waals surface area contributed by atoms with Crippen LogP contribution in [-0.4, -0.2) is 15.7 Å². The monoisotopic (exact) mass is 431 g/mol. The zero-order chi connectivity index (χ0) is 22.8. The van der Waals surface area contributed by atoms with Gasteiger partial charge in [-0.2, -0.15) is 0 Å². The molecule has 0 aliphatic heterocycles. The van der Waals surface area contributed by atoms with E-state index in [0.29, 0.717) is 0 Å². The number of aromatic nitrogens is 2. The predicted molar refractivity (Wildman–Crippen MR) is 138 cm³/mol. The van der Waals surface area contributed by atoms with Crippen molar-refractivity contribution < 1.29 is 0 Å².